The Balaban J connectivity index is 3.13. The van der Waals surface area contributed by atoms with Gasteiger partial charge < -0.3 is 9.84 Å². The number of hydrogen-bond donors (Lipinski definition) is 1. The van der Waals surface area contributed by atoms with E-state index in [-0.39, 0.29) is 0 Å². The number of aliphatic carboxylic acids is 1. The van der Waals surface area contributed by atoms with Crippen molar-refractivity contribution in [3.63, 3.8) is 0 Å². The molecule has 0 aliphatic heterocycles. The summed E-state index contributed by atoms with van der Waals surface area (Å²) in [5, 5.41) is 8.93. The van der Waals surface area contributed by atoms with E-state index < -0.39 is 12.1 Å². The van der Waals surface area contributed by atoms with E-state index in [1.807, 2.05) is 0 Å². The van der Waals surface area contributed by atoms with E-state index in [2.05, 4.69) is 19.1 Å². The van der Waals surface area contributed by atoms with Gasteiger partial charge in [-0.3, -0.25) is 0 Å². The molecule has 0 rings (SSSR count). The van der Waals surface area contributed by atoms with Crippen LogP contribution in [0.25, 0.3) is 0 Å². The lowest BCUT2D eigenvalue weighted by Crippen LogP contribution is -2.21. The van der Waals surface area contributed by atoms with Gasteiger partial charge in [0.2, 0.25) is 0 Å². The Morgan fingerprint density at radius 3 is 1.31 bits per heavy atom. The molecule has 1 atom stereocenters. The van der Waals surface area contributed by atoms with Crippen LogP contribution in [-0.2, 0) is 9.53 Å². The summed E-state index contributed by atoms with van der Waals surface area (Å²) in [5.41, 5.74) is 0. The molecule has 190 valence electrons. The lowest BCUT2D eigenvalue weighted by atomic mass is 10.0. The Kier molecular flexibility index (Phi) is 25.7. The number of carbonyl (C=O) groups is 1. The fraction of sp³-hybridized carbons (Fsp3) is 0.897. The van der Waals surface area contributed by atoms with Crippen LogP contribution in [0.3, 0.4) is 0 Å². The van der Waals surface area contributed by atoms with Crippen molar-refractivity contribution in [3.8, 4) is 0 Å². The van der Waals surface area contributed by atoms with Crippen LogP contribution in [0.4, 0.5) is 0 Å². The molecular weight excluding hydrogens is 396 g/mol. The van der Waals surface area contributed by atoms with E-state index in [0.717, 1.165) is 12.8 Å². The Hall–Kier alpha value is -0.830. The van der Waals surface area contributed by atoms with E-state index in [1.165, 1.54) is 136 Å². The molecule has 0 saturated heterocycles. The first kappa shape index (κ1) is 31.2. The predicted molar refractivity (Wildman–Crippen MR) is 139 cm³/mol. The van der Waals surface area contributed by atoms with Crippen molar-refractivity contribution < 1.29 is 14.6 Å². The zero-order valence-corrected chi connectivity index (χ0v) is 21.8. The molecule has 0 amide bonds. The zero-order chi connectivity index (χ0) is 23.5. The molecule has 3 heteroatoms. The van der Waals surface area contributed by atoms with Crippen molar-refractivity contribution in [1.82, 2.24) is 0 Å². The molecule has 0 aromatic heterocycles. The number of carboxylic acid groups (broad SMARTS) is 1. The molecule has 32 heavy (non-hydrogen) atoms. The molecule has 0 aliphatic carbocycles. The highest BCUT2D eigenvalue weighted by atomic mass is 16.5. The summed E-state index contributed by atoms with van der Waals surface area (Å²) in [6.45, 7) is 2.27. The average Bonchev–Trinajstić information content (AvgIpc) is 2.79. The van der Waals surface area contributed by atoms with E-state index in [1.54, 1.807) is 0 Å². The Morgan fingerprint density at radius 2 is 0.969 bits per heavy atom. The number of hydrogen-bond acceptors (Lipinski definition) is 2. The van der Waals surface area contributed by atoms with Crippen molar-refractivity contribution in [1.29, 1.82) is 0 Å². The Labute approximate surface area is 200 Å². The van der Waals surface area contributed by atoms with Gasteiger partial charge in [-0.25, -0.2) is 4.79 Å². The lowest BCUT2D eigenvalue weighted by molar-refractivity contribution is -0.148. The molecule has 3 nitrogen and oxygen atoms in total. The van der Waals surface area contributed by atoms with Crippen LogP contribution in [0.5, 0.6) is 0 Å². The minimum Gasteiger partial charge on any atom is -0.479 e. The van der Waals surface area contributed by atoms with Gasteiger partial charge in [0.25, 0.3) is 0 Å². The van der Waals surface area contributed by atoms with Crippen molar-refractivity contribution in [2.24, 2.45) is 0 Å². The highest BCUT2D eigenvalue weighted by Gasteiger charge is 2.14. The molecule has 0 bridgehead atoms. The van der Waals surface area contributed by atoms with E-state index in [9.17, 15) is 4.79 Å². The molecule has 1 unspecified atom stereocenters. The maximum atomic E-state index is 10.9. The Bertz CT molecular complexity index is 405. The maximum absolute atomic E-state index is 10.9. The zero-order valence-electron chi connectivity index (χ0n) is 21.8. The van der Waals surface area contributed by atoms with Gasteiger partial charge >= 0.3 is 5.97 Å². The average molecular weight is 453 g/mol. The number of carboxylic acids is 1. The van der Waals surface area contributed by atoms with Crippen molar-refractivity contribution in [3.05, 3.63) is 12.2 Å². The summed E-state index contributed by atoms with van der Waals surface area (Å²) in [5.74, 6) is -0.834. The topological polar surface area (TPSA) is 46.5 Å². The second-order valence-electron chi connectivity index (χ2n) is 9.62. The van der Waals surface area contributed by atoms with Gasteiger partial charge in [-0.05, 0) is 32.1 Å². The van der Waals surface area contributed by atoms with E-state index in [0.29, 0.717) is 6.42 Å². The van der Waals surface area contributed by atoms with E-state index >= 15 is 0 Å². The number of rotatable bonds is 26. The van der Waals surface area contributed by atoms with Crippen LogP contribution in [0.1, 0.15) is 155 Å². The first-order valence-electron chi connectivity index (χ1n) is 14.1. The lowest BCUT2D eigenvalue weighted by Gasteiger charge is -2.09. The Morgan fingerprint density at radius 1 is 0.625 bits per heavy atom. The molecule has 0 heterocycles. The fourth-order valence-electron chi connectivity index (χ4n) is 4.33. The predicted octanol–water partition coefficient (Wildman–Crippen LogP) is 9.63. The molecule has 0 saturated carbocycles. The van der Waals surface area contributed by atoms with Crippen LogP contribution in [0.2, 0.25) is 0 Å². The largest absolute Gasteiger partial charge is 0.479 e. The maximum Gasteiger partial charge on any atom is 0.332 e. The minimum absolute atomic E-state index is 0.618. The van der Waals surface area contributed by atoms with Crippen LogP contribution >= 0.6 is 0 Å². The number of ether oxygens (including phenoxy) is 1. The minimum atomic E-state index is -0.834. The summed E-state index contributed by atoms with van der Waals surface area (Å²) in [6, 6.07) is 0. The second kappa shape index (κ2) is 26.4. The molecule has 0 aliphatic rings. The number of unbranched alkanes of at least 4 members (excludes halogenated alkanes) is 20. The molecule has 1 N–H and O–H groups in total. The van der Waals surface area contributed by atoms with Gasteiger partial charge in [0.15, 0.2) is 6.10 Å². The summed E-state index contributed by atoms with van der Waals surface area (Å²) in [6.07, 6.45) is 34.3. The third kappa shape index (κ3) is 23.8. The first-order valence-corrected chi connectivity index (χ1v) is 14.1. The molecule has 0 aromatic rings. The monoisotopic (exact) mass is 452 g/mol. The van der Waals surface area contributed by atoms with Gasteiger partial charge in [0.1, 0.15) is 0 Å². The third-order valence-electron chi connectivity index (χ3n) is 6.54. The number of allylic oxidation sites excluding steroid dienone is 2. The van der Waals surface area contributed by atoms with Crippen LogP contribution in [-0.4, -0.2) is 24.3 Å². The summed E-state index contributed by atoms with van der Waals surface area (Å²) in [4.78, 5) is 10.9. The molecule has 0 aromatic carbocycles. The van der Waals surface area contributed by atoms with Crippen LogP contribution < -0.4 is 0 Å². The van der Waals surface area contributed by atoms with Gasteiger partial charge in [0.05, 0.1) is 0 Å². The fourth-order valence-corrected chi connectivity index (χ4v) is 4.33. The highest BCUT2D eigenvalue weighted by Crippen LogP contribution is 2.15. The summed E-state index contributed by atoms with van der Waals surface area (Å²) >= 11 is 0. The van der Waals surface area contributed by atoms with Crippen molar-refractivity contribution in [2.45, 2.75) is 161 Å². The summed E-state index contributed by atoms with van der Waals surface area (Å²) < 4.78 is 4.96. The molecule has 0 radical (unpaired) electrons. The van der Waals surface area contributed by atoms with Gasteiger partial charge in [-0.2, -0.15) is 0 Å². The van der Waals surface area contributed by atoms with Gasteiger partial charge in [-0.1, -0.05) is 135 Å². The standard InChI is InChI=1S/C29H56O3/c1-3-4-5-6-7-8-9-10-11-12-13-14-15-16-17-18-19-20-21-22-23-24-25-26-27-28(32-2)29(30)31/h8-9,28H,3-7,10-27H2,1-2H3,(H,30,31). The van der Waals surface area contributed by atoms with Crippen LogP contribution in [0, 0.1) is 0 Å². The van der Waals surface area contributed by atoms with Gasteiger partial charge in [0, 0.05) is 7.11 Å². The van der Waals surface area contributed by atoms with E-state index in [4.69, 9.17) is 9.84 Å². The normalized spacial score (nSPS) is 12.6. The molecule has 0 fully saturated rings. The molecular formula is C29H56O3. The quantitative estimate of drug-likeness (QED) is 0.105. The van der Waals surface area contributed by atoms with Gasteiger partial charge in [-0.15, -0.1) is 0 Å². The SMILES string of the molecule is CCCCCCC=CCCCCCCCCCCCCCCCCCCC(OC)C(=O)O. The van der Waals surface area contributed by atoms with Crippen molar-refractivity contribution >= 4 is 5.97 Å². The second-order valence-corrected chi connectivity index (χ2v) is 9.62. The summed E-state index contributed by atoms with van der Waals surface area (Å²) in [7, 11) is 1.48. The first-order chi connectivity index (χ1) is 15.7. The number of methoxy groups -OCH3 is 1. The smallest absolute Gasteiger partial charge is 0.332 e. The molecule has 0 spiro atoms. The van der Waals surface area contributed by atoms with Crippen LogP contribution in [0.15, 0.2) is 12.2 Å². The third-order valence-corrected chi connectivity index (χ3v) is 6.54. The highest BCUT2D eigenvalue weighted by molar-refractivity contribution is 5.72. The van der Waals surface area contributed by atoms with Crippen molar-refractivity contribution in [2.75, 3.05) is 7.11 Å².